The van der Waals surface area contributed by atoms with Crippen molar-refractivity contribution in [3.05, 3.63) is 65.5 Å². The first-order chi connectivity index (χ1) is 10.2. The van der Waals surface area contributed by atoms with E-state index in [0.717, 1.165) is 23.2 Å². The van der Waals surface area contributed by atoms with E-state index in [1.165, 1.54) is 0 Å². The fourth-order valence-corrected chi connectivity index (χ4v) is 2.44. The highest BCUT2D eigenvalue weighted by atomic mass is 16.1. The summed E-state index contributed by atoms with van der Waals surface area (Å²) in [6.45, 7) is 4.00. The third kappa shape index (κ3) is 2.36. The molecule has 3 rings (SSSR count). The third-order valence-electron chi connectivity index (χ3n) is 3.48. The molecular formula is C17H15N3O. The Morgan fingerprint density at radius 1 is 0.952 bits per heavy atom. The number of aldehydes is 1. The van der Waals surface area contributed by atoms with E-state index >= 15 is 0 Å². The van der Waals surface area contributed by atoms with Crippen LogP contribution in [0.15, 0.2) is 48.5 Å². The molecule has 0 N–H and O–H groups in total. The van der Waals surface area contributed by atoms with Crippen LogP contribution in [0, 0.1) is 13.8 Å². The van der Waals surface area contributed by atoms with Crippen molar-refractivity contribution in [3.63, 3.8) is 0 Å². The highest BCUT2D eigenvalue weighted by Gasteiger charge is 2.12. The zero-order valence-corrected chi connectivity index (χ0v) is 11.9. The minimum absolute atomic E-state index is 0.540. The van der Waals surface area contributed by atoms with E-state index in [1.54, 1.807) is 6.07 Å². The summed E-state index contributed by atoms with van der Waals surface area (Å²) < 4.78 is 1.98. The summed E-state index contributed by atoms with van der Waals surface area (Å²) in [5.74, 6) is 0.664. The molecule has 0 aliphatic rings. The Bertz CT molecular complexity index is 772. The van der Waals surface area contributed by atoms with Crippen LogP contribution in [0.25, 0.3) is 17.1 Å². The van der Waals surface area contributed by atoms with Crippen LogP contribution in [0.3, 0.4) is 0 Å². The maximum Gasteiger partial charge on any atom is 0.160 e. The molecule has 0 amide bonds. The number of carbonyl (C=O) groups is 1. The molecule has 3 aromatic rings. The van der Waals surface area contributed by atoms with Gasteiger partial charge in [-0.05, 0) is 32.0 Å². The monoisotopic (exact) mass is 277 g/mol. The Balaban J connectivity index is 2.15. The number of nitrogens with zero attached hydrogens (tertiary/aromatic N) is 3. The second-order valence-corrected chi connectivity index (χ2v) is 4.94. The molecule has 21 heavy (non-hydrogen) atoms. The fourth-order valence-electron chi connectivity index (χ4n) is 2.44. The first-order valence-corrected chi connectivity index (χ1v) is 6.74. The molecule has 1 aromatic carbocycles. The van der Waals surface area contributed by atoms with Crippen LogP contribution in [-0.4, -0.2) is 21.1 Å². The second-order valence-electron chi connectivity index (χ2n) is 4.94. The minimum Gasteiger partial charge on any atom is -0.302 e. The quantitative estimate of drug-likeness (QED) is 0.690. The molecule has 0 bridgehead atoms. The molecule has 0 aliphatic heterocycles. The highest BCUT2D eigenvalue weighted by molar-refractivity contribution is 5.85. The normalized spacial score (nSPS) is 10.6. The van der Waals surface area contributed by atoms with Gasteiger partial charge in [-0.2, -0.15) is 0 Å². The number of aryl methyl sites for hydroxylation is 2. The largest absolute Gasteiger partial charge is 0.302 e. The lowest BCUT2D eigenvalue weighted by Gasteiger charge is -2.10. The zero-order chi connectivity index (χ0) is 14.8. The molecule has 0 unspecified atom stereocenters. The van der Waals surface area contributed by atoms with Gasteiger partial charge in [-0.1, -0.05) is 30.3 Å². The molecule has 0 atom stereocenters. The van der Waals surface area contributed by atoms with E-state index in [2.05, 4.69) is 10.2 Å². The molecule has 0 saturated carbocycles. The van der Waals surface area contributed by atoms with Gasteiger partial charge in [0.05, 0.1) is 0 Å². The van der Waals surface area contributed by atoms with Gasteiger partial charge in [0.25, 0.3) is 0 Å². The third-order valence-corrected chi connectivity index (χ3v) is 3.48. The molecule has 4 heteroatoms. The predicted molar refractivity (Wildman–Crippen MR) is 81.7 cm³/mol. The van der Waals surface area contributed by atoms with E-state index in [4.69, 9.17) is 0 Å². The number of aromatic nitrogens is 3. The molecular weight excluding hydrogens is 262 g/mol. The average molecular weight is 277 g/mol. The van der Waals surface area contributed by atoms with E-state index in [9.17, 15) is 4.79 Å². The van der Waals surface area contributed by atoms with E-state index in [0.29, 0.717) is 17.1 Å². The Labute approximate surface area is 123 Å². The molecule has 2 aromatic heterocycles. The van der Waals surface area contributed by atoms with Crippen molar-refractivity contribution < 1.29 is 4.79 Å². The average Bonchev–Trinajstić information content (AvgIpc) is 2.86. The Hall–Kier alpha value is -2.75. The van der Waals surface area contributed by atoms with Crippen LogP contribution >= 0.6 is 0 Å². The Morgan fingerprint density at radius 2 is 1.62 bits per heavy atom. The molecule has 0 fully saturated rings. The van der Waals surface area contributed by atoms with Gasteiger partial charge >= 0.3 is 0 Å². The van der Waals surface area contributed by atoms with Gasteiger partial charge in [0, 0.05) is 22.5 Å². The van der Waals surface area contributed by atoms with Crippen molar-refractivity contribution in [2.45, 2.75) is 13.8 Å². The second kappa shape index (κ2) is 5.32. The summed E-state index contributed by atoms with van der Waals surface area (Å²) in [5, 5.41) is 8.54. The fraction of sp³-hybridized carbons (Fsp3) is 0.118. The Kier molecular flexibility index (Phi) is 3.36. The first-order valence-electron chi connectivity index (χ1n) is 6.74. The van der Waals surface area contributed by atoms with Crippen LogP contribution < -0.4 is 0 Å². The number of rotatable bonds is 3. The van der Waals surface area contributed by atoms with Crippen LogP contribution in [0.1, 0.15) is 21.7 Å². The van der Waals surface area contributed by atoms with Crippen molar-refractivity contribution in [1.29, 1.82) is 0 Å². The van der Waals surface area contributed by atoms with Crippen LogP contribution in [0.5, 0.6) is 0 Å². The molecule has 0 aliphatic carbocycles. The van der Waals surface area contributed by atoms with Crippen LogP contribution in [0.4, 0.5) is 0 Å². The van der Waals surface area contributed by atoms with Crippen molar-refractivity contribution in [3.8, 4) is 17.1 Å². The Morgan fingerprint density at radius 3 is 2.24 bits per heavy atom. The molecule has 104 valence electrons. The molecule has 0 spiro atoms. The van der Waals surface area contributed by atoms with E-state index in [1.807, 2.05) is 60.9 Å². The standard InChI is InChI=1S/C17H15N3O/c1-12-8-9-13(2)20(12)16-10-15(11-21)17(19-18-16)14-6-4-3-5-7-14/h3-11H,1-2H3. The first kappa shape index (κ1) is 13.2. The number of carbonyl (C=O) groups excluding carboxylic acids is 1. The van der Waals surface area contributed by atoms with Gasteiger partial charge in [0.15, 0.2) is 12.1 Å². The van der Waals surface area contributed by atoms with Gasteiger partial charge in [0.2, 0.25) is 0 Å². The van der Waals surface area contributed by atoms with Crippen molar-refractivity contribution in [1.82, 2.24) is 14.8 Å². The SMILES string of the molecule is Cc1ccc(C)n1-c1cc(C=O)c(-c2ccccc2)nn1. The number of hydrogen-bond acceptors (Lipinski definition) is 3. The molecule has 2 heterocycles. The number of hydrogen-bond donors (Lipinski definition) is 0. The highest BCUT2D eigenvalue weighted by Crippen LogP contribution is 2.22. The lowest BCUT2D eigenvalue weighted by Crippen LogP contribution is -2.05. The summed E-state index contributed by atoms with van der Waals surface area (Å²) in [4.78, 5) is 11.4. The van der Waals surface area contributed by atoms with Crippen molar-refractivity contribution in [2.24, 2.45) is 0 Å². The molecule has 4 nitrogen and oxygen atoms in total. The summed E-state index contributed by atoms with van der Waals surface area (Å²) in [7, 11) is 0. The lowest BCUT2D eigenvalue weighted by molar-refractivity contribution is 0.112. The van der Waals surface area contributed by atoms with E-state index < -0.39 is 0 Å². The van der Waals surface area contributed by atoms with Gasteiger partial charge in [-0.25, -0.2) is 0 Å². The van der Waals surface area contributed by atoms with Gasteiger partial charge in [0.1, 0.15) is 5.69 Å². The summed E-state index contributed by atoms with van der Waals surface area (Å²) >= 11 is 0. The van der Waals surface area contributed by atoms with Gasteiger partial charge in [-0.3, -0.25) is 4.79 Å². The summed E-state index contributed by atoms with van der Waals surface area (Å²) in [6.07, 6.45) is 0.828. The minimum atomic E-state index is 0.540. The van der Waals surface area contributed by atoms with Crippen LogP contribution in [0.2, 0.25) is 0 Å². The van der Waals surface area contributed by atoms with Crippen LogP contribution in [-0.2, 0) is 0 Å². The predicted octanol–water partition coefficient (Wildman–Crippen LogP) is 3.36. The van der Waals surface area contributed by atoms with Crippen molar-refractivity contribution in [2.75, 3.05) is 0 Å². The summed E-state index contributed by atoms with van der Waals surface area (Å²) in [6, 6.07) is 15.4. The maximum absolute atomic E-state index is 11.4. The lowest BCUT2D eigenvalue weighted by atomic mass is 10.1. The molecule has 0 radical (unpaired) electrons. The van der Waals surface area contributed by atoms with Gasteiger partial charge < -0.3 is 4.57 Å². The smallest absolute Gasteiger partial charge is 0.160 e. The zero-order valence-electron chi connectivity index (χ0n) is 11.9. The van der Waals surface area contributed by atoms with Gasteiger partial charge in [-0.15, -0.1) is 10.2 Å². The number of benzene rings is 1. The molecule has 0 saturated heterocycles. The van der Waals surface area contributed by atoms with E-state index in [-0.39, 0.29) is 0 Å². The summed E-state index contributed by atoms with van der Waals surface area (Å²) in [5.41, 5.74) is 4.16. The maximum atomic E-state index is 11.4. The van der Waals surface area contributed by atoms with Crippen molar-refractivity contribution >= 4 is 6.29 Å². The topological polar surface area (TPSA) is 47.8 Å².